The monoisotopic (exact) mass is 269 g/mol. The zero-order valence-corrected chi connectivity index (χ0v) is 11.0. The van der Waals surface area contributed by atoms with E-state index in [4.69, 9.17) is 0 Å². The van der Waals surface area contributed by atoms with Gasteiger partial charge in [-0.2, -0.15) is 0 Å². The van der Waals surface area contributed by atoms with Crippen LogP contribution in [0.3, 0.4) is 0 Å². The van der Waals surface area contributed by atoms with Crippen molar-refractivity contribution in [2.24, 2.45) is 4.99 Å². The summed E-state index contributed by atoms with van der Waals surface area (Å²) in [6.45, 7) is 1.53. The number of carbonyl (C=O) groups is 1. The smallest absolute Gasteiger partial charge is 0.242 e. The number of hydrogen-bond donors (Lipinski definition) is 1. The van der Waals surface area contributed by atoms with Crippen molar-refractivity contribution >= 4 is 23.1 Å². The average Bonchev–Trinajstić information content (AvgIpc) is 2.47. The summed E-state index contributed by atoms with van der Waals surface area (Å²) >= 11 is 0. The molecule has 2 aromatic rings. The number of hydrazine groups is 1. The Kier molecular flexibility index (Phi) is 3.81. The molecule has 3 rings (SSSR count). The van der Waals surface area contributed by atoms with E-state index in [9.17, 15) is 4.79 Å². The maximum Gasteiger partial charge on any atom is 0.242 e. The minimum atomic E-state index is -0.0734. The van der Waals surface area contributed by atoms with Crippen LogP contribution in [0, 0.1) is 0 Å². The Morgan fingerprint density at radius 1 is 1.05 bits per heavy atom. The molecular formula is C15H15N3O2. The zero-order chi connectivity index (χ0) is 13.2. The van der Waals surface area contributed by atoms with Crippen molar-refractivity contribution in [3.8, 4) is 0 Å². The summed E-state index contributed by atoms with van der Waals surface area (Å²) in [5.74, 6) is 0.602. The molecule has 0 unspecified atom stereocenters. The summed E-state index contributed by atoms with van der Waals surface area (Å²) in [7, 11) is 0. The van der Waals surface area contributed by atoms with Gasteiger partial charge in [0, 0.05) is 12.5 Å². The summed E-state index contributed by atoms with van der Waals surface area (Å²) in [6.07, 6.45) is 0. The molecule has 0 aliphatic carbocycles. The van der Waals surface area contributed by atoms with Crippen LogP contribution in [-0.2, 0) is 4.79 Å². The summed E-state index contributed by atoms with van der Waals surface area (Å²) in [6, 6.07) is 17.3. The van der Waals surface area contributed by atoms with Gasteiger partial charge in [0.1, 0.15) is 0 Å². The number of nitrogens with one attached hydrogen (secondary N) is 1. The number of benzene rings is 2. The molecule has 0 fully saturated rings. The number of nitrogens with zero attached hydrogens (tertiary/aromatic N) is 2. The molecule has 2 aromatic carbocycles. The SMILES string of the molecule is CC(=O)N1NC(c2ccccc2)=Nc2ccccc21.O. The first-order valence-corrected chi connectivity index (χ1v) is 6.06. The Morgan fingerprint density at radius 2 is 1.70 bits per heavy atom. The summed E-state index contributed by atoms with van der Waals surface area (Å²) in [5.41, 5.74) is 5.57. The molecule has 0 atom stereocenters. The lowest BCUT2D eigenvalue weighted by Crippen LogP contribution is -2.47. The second-order valence-electron chi connectivity index (χ2n) is 4.28. The van der Waals surface area contributed by atoms with E-state index in [2.05, 4.69) is 10.4 Å². The minimum absolute atomic E-state index is 0. The lowest BCUT2D eigenvalue weighted by Gasteiger charge is -2.29. The normalized spacial score (nSPS) is 12.7. The first-order valence-electron chi connectivity index (χ1n) is 6.06. The molecule has 0 radical (unpaired) electrons. The van der Waals surface area contributed by atoms with Crippen molar-refractivity contribution in [2.45, 2.75) is 6.92 Å². The quantitative estimate of drug-likeness (QED) is 0.857. The van der Waals surface area contributed by atoms with Crippen molar-refractivity contribution in [2.75, 3.05) is 5.01 Å². The van der Waals surface area contributed by atoms with E-state index >= 15 is 0 Å². The lowest BCUT2D eigenvalue weighted by molar-refractivity contribution is -0.117. The number of rotatable bonds is 1. The molecular weight excluding hydrogens is 254 g/mol. The van der Waals surface area contributed by atoms with Crippen LogP contribution in [0.4, 0.5) is 11.4 Å². The number of anilines is 1. The van der Waals surface area contributed by atoms with E-state index in [-0.39, 0.29) is 11.4 Å². The molecule has 0 saturated carbocycles. The number of carbonyl (C=O) groups excluding carboxylic acids is 1. The topological polar surface area (TPSA) is 76.2 Å². The van der Waals surface area contributed by atoms with E-state index < -0.39 is 0 Å². The molecule has 0 aromatic heterocycles. The average molecular weight is 269 g/mol. The van der Waals surface area contributed by atoms with Crippen LogP contribution in [0.5, 0.6) is 0 Å². The summed E-state index contributed by atoms with van der Waals surface area (Å²) in [5, 5.41) is 1.52. The summed E-state index contributed by atoms with van der Waals surface area (Å²) < 4.78 is 0. The fraction of sp³-hybridized carbons (Fsp3) is 0.0667. The Bertz CT molecular complexity index is 653. The van der Waals surface area contributed by atoms with E-state index in [1.807, 2.05) is 54.6 Å². The second kappa shape index (κ2) is 5.54. The first-order chi connectivity index (χ1) is 9.25. The van der Waals surface area contributed by atoms with Gasteiger partial charge in [-0.3, -0.25) is 10.2 Å². The highest BCUT2D eigenvalue weighted by molar-refractivity contribution is 6.08. The van der Waals surface area contributed by atoms with E-state index in [0.717, 1.165) is 16.9 Å². The third-order valence-electron chi connectivity index (χ3n) is 2.93. The molecule has 102 valence electrons. The molecule has 1 aliphatic heterocycles. The number of fused-ring (bicyclic) bond motifs is 1. The Hall–Kier alpha value is -2.66. The number of para-hydroxylation sites is 2. The Balaban J connectivity index is 0.00000147. The van der Waals surface area contributed by atoms with Gasteiger partial charge in [0.15, 0.2) is 5.84 Å². The van der Waals surface area contributed by atoms with Crippen LogP contribution in [-0.4, -0.2) is 17.2 Å². The second-order valence-corrected chi connectivity index (χ2v) is 4.28. The molecule has 0 spiro atoms. The van der Waals surface area contributed by atoms with Crippen LogP contribution in [0.2, 0.25) is 0 Å². The van der Waals surface area contributed by atoms with E-state index in [1.165, 1.54) is 11.9 Å². The van der Waals surface area contributed by atoms with Gasteiger partial charge in [-0.1, -0.05) is 42.5 Å². The van der Waals surface area contributed by atoms with E-state index in [1.54, 1.807) is 0 Å². The summed E-state index contributed by atoms with van der Waals surface area (Å²) in [4.78, 5) is 16.3. The molecule has 1 amide bonds. The fourth-order valence-corrected chi connectivity index (χ4v) is 2.03. The highest BCUT2D eigenvalue weighted by Gasteiger charge is 2.22. The fourth-order valence-electron chi connectivity index (χ4n) is 2.03. The molecule has 5 nitrogen and oxygen atoms in total. The van der Waals surface area contributed by atoms with Crippen molar-refractivity contribution in [1.82, 2.24) is 5.43 Å². The predicted molar refractivity (Wildman–Crippen MR) is 79.0 cm³/mol. The van der Waals surface area contributed by atoms with Crippen LogP contribution < -0.4 is 10.4 Å². The van der Waals surface area contributed by atoms with Gasteiger partial charge >= 0.3 is 0 Å². The van der Waals surface area contributed by atoms with Gasteiger partial charge in [0.2, 0.25) is 5.91 Å². The van der Waals surface area contributed by atoms with Gasteiger partial charge in [-0.25, -0.2) is 10.0 Å². The molecule has 1 heterocycles. The highest BCUT2D eigenvalue weighted by Crippen LogP contribution is 2.30. The maximum absolute atomic E-state index is 11.7. The zero-order valence-electron chi connectivity index (χ0n) is 11.0. The van der Waals surface area contributed by atoms with E-state index in [0.29, 0.717) is 5.84 Å². The van der Waals surface area contributed by atoms with Gasteiger partial charge in [0.25, 0.3) is 0 Å². The number of amidine groups is 1. The van der Waals surface area contributed by atoms with Crippen molar-refractivity contribution in [3.05, 3.63) is 60.2 Å². The Labute approximate surface area is 116 Å². The predicted octanol–water partition coefficient (Wildman–Crippen LogP) is 1.81. The molecule has 20 heavy (non-hydrogen) atoms. The molecule has 1 aliphatic rings. The molecule has 0 saturated heterocycles. The Morgan fingerprint density at radius 3 is 2.40 bits per heavy atom. The van der Waals surface area contributed by atoms with Crippen LogP contribution in [0.15, 0.2) is 59.6 Å². The van der Waals surface area contributed by atoms with Crippen molar-refractivity contribution in [1.29, 1.82) is 0 Å². The first kappa shape index (κ1) is 13.8. The van der Waals surface area contributed by atoms with Crippen LogP contribution >= 0.6 is 0 Å². The van der Waals surface area contributed by atoms with Gasteiger partial charge < -0.3 is 5.48 Å². The highest BCUT2D eigenvalue weighted by atomic mass is 16.2. The number of aliphatic imine (C=N–C) groups is 1. The van der Waals surface area contributed by atoms with Gasteiger partial charge in [0.05, 0.1) is 11.4 Å². The standard InChI is InChI=1S/C15H13N3O.H2O/c1-11(19)18-14-10-6-5-9-13(14)16-15(17-18)12-7-3-2-4-8-12;/h2-10H,1H3,(H,16,17);1H2. The van der Waals surface area contributed by atoms with Crippen LogP contribution in [0.1, 0.15) is 12.5 Å². The number of hydrogen-bond acceptors (Lipinski definition) is 3. The minimum Gasteiger partial charge on any atom is -0.412 e. The maximum atomic E-state index is 11.7. The molecule has 0 bridgehead atoms. The lowest BCUT2D eigenvalue weighted by atomic mass is 10.2. The number of amides is 1. The molecule has 3 N–H and O–H groups in total. The third kappa shape index (κ3) is 2.39. The van der Waals surface area contributed by atoms with Crippen molar-refractivity contribution < 1.29 is 10.3 Å². The van der Waals surface area contributed by atoms with Crippen LogP contribution in [0.25, 0.3) is 0 Å². The van der Waals surface area contributed by atoms with Crippen molar-refractivity contribution in [3.63, 3.8) is 0 Å². The van der Waals surface area contributed by atoms with Gasteiger partial charge in [-0.05, 0) is 12.1 Å². The largest absolute Gasteiger partial charge is 0.412 e. The van der Waals surface area contributed by atoms with Gasteiger partial charge in [-0.15, -0.1) is 0 Å². The molecule has 5 heteroatoms. The third-order valence-corrected chi connectivity index (χ3v) is 2.93.